The number of H-pyrrole nitrogens is 2. The van der Waals surface area contributed by atoms with E-state index in [2.05, 4.69) is 30.3 Å². The number of carbonyl (C=O) groups is 9. The Morgan fingerprint density at radius 2 is 1.24 bits per heavy atom. The van der Waals surface area contributed by atoms with Gasteiger partial charge in [-0.05, 0) is 53.7 Å². The van der Waals surface area contributed by atoms with Crippen LogP contribution < -0.4 is 10.3 Å². The molecular formula is C36H55N5O19S2. The predicted octanol–water partition coefficient (Wildman–Crippen LogP) is 1.29. The van der Waals surface area contributed by atoms with Crippen molar-refractivity contribution in [3.63, 3.8) is 0 Å². The highest BCUT2D eigenvalue weighted by Crippen LogP contribution is 2.07. The minimum Gasteiger partial charge on any atom is -0.486 e. The topological polar surface area (TPSA) is 392 Å². The van der Waals surface area contributed by atoms with E-state index in [9.17, 15) is 60.0 Å². The van der Waals surface area contributed by atoms with Gasteiger partial charge in [0.15, 0.2) is 21.4 Å². The molecule has 2 aromatic heterocycles. The molecular weight excluding hydrogens is 871 g/mol. The zero-order chi connectivity index (χ0) is 48.4. The van der Waals surface area contributed by atoms with E-state index in [4.69, 9.17) is 24.3 Å². The lowest BCUT2D eigenvalue weighted by molar-refractivity contribution is -0.140. The Morgan fingerprint density at radius 1 is 0.726 bits per heavy atom. The smallest absolute Gasteiger partial charge is 0.310 e. The molecule has 350 valence electrons. The Bertz CT molecular complexity index is 2090. The number of Topliss-reactive ketones (excluding diaryl/α,β-unsaturated/α-hetero) is 7. The monoisotopic (exact) mass is 925 g/mol. The summed E-state index contributed by atoms with van der Waals surface area (Å²) in [5, 5.41) is 30.1. The lowest BCUT2D eigenvalue weighted by Gasteiger charge is -2.01. The number of carbonyl (C=O) groups excluding carboxylic acids is 7. The van der Waals surface area contributed by atoms with Gasteiger partial charge in [0, 0.05) is 32.1 Å². The number of aliphatic carboxylic acids is 2. The highest BCUT2D eigenvalue weighted by molar-refractivity contribution is 7.91. The minimum absolute atomic E-state index is 0. The van der Waals surface area contributed by atoms with E-state index >= 15 is 0 Å². The number of carboxylic acids is 2. The lowest BCUT2D eigenvalue weighted by Crippen LogP contribution is -2.14. The molecule has 0 spiro atoms. The van der Waals surface area contributed by atoms with E-state index in [0.29, 0.717) is 11.6 Å². The fraction of sp³-hybridized carbons (Fsp3) is 0.472. The maximum absolute atomic E-state index is 10.8. The molecule has 3 rings (SSSR count). The number of hydrogen-bond donors (Lipinski definition) is 5. The number of nitrogens with one attached hydrogen (secondary N) is 2. The summed E-state index contributed by atoms with van der Waals surface area (Å²) in [7, 11) is -7.31. The quantitative estimate of drug-likeness (QED) is 0.0998. The van der Waals surface area contributed by atoms with Gasteiger partial charge < -0.3 is 24.3 Å². The van der Waals surface area contributed by atoms with E-state index in [1.54, 1.807) is 0 Å². The van der Waals surface area contributed by atoms with Crippen molar-refractivity contribution in [2.45, 2.75) is 88.0 Å². The third kappa shape index (κ3) is 60.3. The average molecular weight is 926 g/mol. The van der Waals surface area contributed by atoms with E-state index in [1.807, 2.05) is 30.3 Å². The van der Waals surface area contributed by atoms with Crippen molar-refractivity contribution in [1.29, 1.82) is 0 Å². The number of aromatic amines is 2. The number of para-hydroxylation sites is 1. The van der Waals surface area contributed by atoms with Crippen LogP contribution in [0, 0.1) is 0 Å². The Kier molecular flexibility index (Phi) is 38.0. The van der Waals surface area contributed by atoms with Crippen molar-refractivity contribution in [3.05, 3.63) is 58.3 Å². The molecule has 0 saturated heterocycles. The molecule has 26 heteroatoms. The Morgan fingerprint density at radius 3 is 1.53 bits per heavy atom. The third-order valence-electron chi connectivity index (χ3n) is 4.94. The fourth-order valence-corrected chi connectivity index (χ4v) is 4.23. The maximum atomic E-state index is 10.8. The zero-order valence-electron chi connectivity index (χ0n) is 34.7. The van der Waals surface area contributed by atoms with Gasteiger partial charge in [-0.2, -0.15) is 18.8 Å². The summed E-state index contributed by atoms with van der Waals surface area (Å²) in [4.78, 5) is 101. The summed E-state index contributed by atoms with van der Waals surface area (Å²) in [5.41, 5.74) is -0.309. The van der Waals surface area contributed by atoms with Crippen LogP contribution in [0.15, 0.2) is 45.7 Å². The number of hydrogen-bond acceptors (Lipinski definition) is 19. The van der Waals surface area contributed by atoms with Crippen molar-refractivity contribution in [3.8, 4) is 5.75 Å². The fourth-order valence-electron chi connectivity index (χ4n) is 2.99. The molecule has 0 aliphatic carbocycles. The number of aromatic nitrogens is 5. The molecule has 3 aromatic rings. The highest BCUT2D eigenvalue weighted by Gasteiger charge is 2.11. The van der Waals surface area contributed by atoms with E-state index < -0.39 is 55.0 Å². The Balaban J connectivity index is -0.000000207. The first-order valence-electron chi connectivity index (χ1n) is 16.9. The zero-order valence-corrected chi connectivity index (χ0v) is 36.3. The van der Waals surface area contributed by atoms with Gasteiger partial charge in [-0.3, -0.25) is 47.7 Å². The molecule has 0 unspecified atom stereocenters. The Labute approximate surface area is 357 Å². The van der Waals surface area contributed by atoms with E-state index in [-0.39, 0.29) is 80.6 Å². The normalized spacial score (nSPS) is 9.50. The van der Waals surface area contributed by atoms with E-state index in [0.717, 1.165) is 25.9 Å². The van der Waals surface area contributed by atoms with Crippen molar-refractivity contribution in [2.24, 2.45) is 0 Å². The number of ketones is 7. The summed E-state index contributed by atoms with van der Waals surface area (Å²) < 4.78 is 58.4. The van der Waals surface area contributed by atoms with Crippen LogP contribution in [0.5, 0.6) is 5.75 Å². The minimum atomic E-state index is -4.07. The van der Waals surface area contributed by atoms with Crippen molar-refractivity contribution in [1.82, 2.24) is 25.8 Å². The molecule has 24 nitrogen and oxygen atoms in total. The molecule has 2 heterocycles. The molecule has 0 bridgehead atoms. The summed E-state index contributed by atoms with van der Waals surface area (Å²) in [6.45, 7) is 9.37. The number of sulfone groups is 1. The predicted molar refractivity (Wildman–Crippen MR) is 220 cm³/mol. The standard InChI is InChI=1S/C9H10O2.C7H12O4S.C6H7NO3.C4H6N4O.C4H6O3.C3H6O4S.C2H4O2.CH4/c1-8(10)7-11-9-5-3-2-4-6-9;1-6(8)3-4-7(9)5-12(2,10)11;1-4(8)2-5-3-6(9)7-10-5;1-3(9)2-4-5-7-8-6-4;1-3(5)2-4(6)7;1-3(4)2-8(5,6)7;1-2(3)4;/h2-6H,7H2,1H3;3-5H2,1-2H3;3H,2H2,1H3,(H,7,9);2H2,1H3,(H,5,6,7,8);2H2,1H3,(H,6,7);2H2,1H3,(H,5,6,7);1H3,(H,3,4);1H4. The van der Waals surface area contributed by atoms with Crippen LogP contribution >= 0.6 is 0 Å². The van der Waals surface area contributed by atoms with Gasteiger partial charge in [0.1, 0.15) is 70.7 Å². The summed E-state index contributed by atoms with van der Waals surface area (Å²) in [6, 6.07) is 10.6. The van der Waals surface area contributed by atoms with Crippen LogP contribution in [0.4, 0.5) is 0 Å². The van der Waals surface area contributed by atoms with Crippen LogP contribution in [-0.2, 0) is 75.9 Å². The first-order valence-corrected chi connectivity index (χ1v) is 20.6. The van der Waals surface area contributed by atoms with Gasteiger partial charge in [0.25, 0.3) is 21.6 Å². The first kappa shape index (κ1) is 64.7. The van der Waals surface area contributed by atoms with Gasteiger partial charge in [-0.15, -0.1) is 10.2 Å². The molecule has 0 aliphatic rings. The number of rotatable bonds is 16. The van der Waals surface area contributed by atoms with Gasteiger partial charge in [0.05, 0.1) is 12.8 Å². The van der Waals surface area contributed by atoms with Crippen LogP contribution in [0.2, 0.25) is 0 Å². The molecule has 1 aromatic carbocycles. The van der Waals surface area contributed by atoms with Crippen LogP contribution in [-0.4, -0.2) is 134 Å². The number of carboxylic acid groups (broad SMARTS) is 2. The highest BCUT2D eigenvalue weighted by atomic mass is 32.2. The molecule has 62 heavy (non-hydrogen) atoms. The second-order valence-electron chi connectivity index (χ2n) is 12.1. The number of tetrazole rings is 1. The molecule has 0 amide bonds. The second-order valence-corrected chi connectivity index (χ2v) is 15.7. The van der Waals surface area contributed by atoms with Crippen molar-refractivity contribution in [2.75, 3.05) is 24.4 Å². The molecule has 0 fully saturated rings. The van der Waals surface area contributed by atoms with Crippen LogP contribution in [0.3, 0.4) is 0 Å². The molecule has 0 aliphatic heterocycles. The van der Waals surface area contributed by atoms with Gasteiger partial charge in [-0.1, -0.05) is 30.8 Å². The van der Waals surface area contributed by atoms with E-state index in [1.165, 1.54) is 40.7 Å². The van der Waals surface area contributed by atoms with Gasteiger partial charge >= 0.3 is 5.97 Å². The average Bonchev–Trinajstić information content (AvgIpc) is 3.72. The second kappa shape index (κ2) is 36.4. The first-order chi connectivity index (χ1) is 27.8. The summed E-state index contributed by atoms with van der Waals surface area (Å²) in [5.74, 6) is -2.89. The van der Waals surface area contributed by atoms with Gasteiger partial charge in [-0.25, -0.2) is 8.42 Å². The lowest BCUT2D eigenvalue weighted by atomic mass is 10.2. The van der Waals surface area contributed by atoms with Crippen LogP contribution in [0.25, 0.3) is 0 Å². The summed E-state index contributed by atoms with van der Waals surface area (Å²) >= 11 is 0. The molecule has 0 saturated carbocycles. The molecule has 5 N–H and O–H groups in total. The largest absolute Gasteiger partial charge is 0.486 e. The van der Waals surface area contributed by atoms with Crippen molar-refractivity contribution >= 4 is 72.4 Å². The SMILES string of the molecule is C.CC(=O)CC(=O)O.CC(=O)CCC(=O)CS(C)(=O)=O.CC(=O)COc1ccccc1.CC(=O)CS(=O)(=O)O.CC(=O)Cc1cc(=O)[nH]o1.CC(=O)Cc1nn[nH]n1.CC(=O)O. The number of benzene rings is 1. The van der Waals surface area contributed by atoms with Crippen LogP contribution in [0.1, 0.15) is 86.7 Å². The van der Waals surface area contributed by atoms with Gasteiger partial charge in [0.2, 0.25) is 0 Å². The third-order valence-corrected chi connectivity index (χ3v) is 6.56. The number of ether oxygens (including phenoxy) is 1. The summed E-state index contributed by atoms with van der Waals surface area (Å²) in [6.07, 6.45) is 1.24. The molecule has 0 radical (unpaired) electrons. The maximum Gasteiger partial charge on any atom is 0.310 e. The number of nitrogens with zero attached hydrogens (tertiary/aromatic N) is 3. The van der Waals surface area contributed by atoms with Crippen molar-refractivity contribution < 1.29 is 84.0 Å². The Hall–Kier alpha value is -6.41. The molecule has 0 atom stereocenters.